The van der Waals surface area contributed by atoms with E-state index in [4.69, 9.17) is 9.84 Å². The van der Waals surface area contributed by atoms with E-state index in [0.717, 1.165) is 16.6 Å². The monoisotopic (exact) mass is 327 g/mol. The van der Waals surface area contributed by atoms with E-state index in [-0.39, 0.29) is 11.6 Å². The fourth-order valence-corrected chi connectivity index (χ4v) is 2.01. The lowest BCUT2D eigenvalue weighted by Gasteiger charge is -2.09. The lowest BCUT2D eigenvalue weighted by Crippen LogP contribution is -2.24. The molecule has 0 spiro atoms. The van der Waals surface area contributed by atoms with Crippen LogP contribution in [0.1, 0.15) is 16.4 Å². The van der Waals surface area contributed by atoms with Crippen molar-refractivity contribution in [3.05, 3.63) is 29.6 Å². The molecule has 1 amide bonds. The molecule has 1 aromatic carbocycles. The van der Waals surface area contributed by atoms with E-state index < -0.39 is 6.09 Å². The molecule has 0 radical (unpaired) electrons. The third-order valence-electron chi connectivity index (χ3n) is 2.74. The molecule has 0 aliphatic heterocycles. The molecule has 1 atom stereocenters. The predicted molar refractivity (Wildman–Crippen MR) is 74.3 cm³/mol. The van der Waals surface area contributed by atoms with Gasteiger partial charge in [-0.05, 0) is 17.7 Å². The average Bonchev–Trinajstić information content (AvgIpc) is 2.78. The van der Waals surface area contributed by atoms with Crippen LogP contribution in [0.2, 0.25) is 0 Å². The summed E-state index contributed by atoms with van der Waals surface area (Å²) in [6, 6.07) is 5.71. The van der Waals surface area contributed by atoms with Crippen molar-refractivity contribution >= 4 is 33.1 Å². The van der Waals surface area contributed by atoms with Crippen molar-refractivity contribution in [1.82, 2.24) is 14.9 Å². The Labute approximate surface area is 118 Å². The number of aromatic amines is 1. The van der Waals surface area contributed by atoms with Gasteiger partial charge in [-0.1, -0.05) is 22.0 Å². The van der Waals surface area contributed by atoms with Crippen LogP contribution in [0.3, 0.4) is 0 Å². The minimum absolute atomic E-state index is 0.176. The summed E-state index contributed by atoms with van der Waals surface area (Å²) in [5.74, 6) is 0.612. The molecule has 1 heterocycles. The van der Waals surface area contributed by atoms with E-state index in [1.165, 1.54) is 11.9 Å². The molecule has 0 aliphatic rings. The molecule has 102 valence electrons. The molecule has 7 heteroatoms. The summed E-state index contributed by atoms with van der Waals surface area (Å²) in [6.45, 7) is 0.224. The number of hydrogen-bond donors (Lipinski definition) is 2. The first kappa shape index (κ1) is 13.8. The first-order chi connectivity index (χ1) is 9.01. The van der Waals surface area contributed by atoms with E-state index >= 15 is 0 Å². The van der Waals surface area contributed by atoms with Gasteiger partial charge >= 0.3 is 6.09 Å². The number of alkyl halides is 1. The predicted octanol–water partition coefficient (Wildman–Crippen LogP) is 2.71. The number of nitrogens with zero attached hydrogens (tertiary/aromatic N) is 2. The quantitative estimate of drug-likeness (QED) is 0.846. The first-order valence-corrected chi connectivity index (χ1v) is 6.52. The van der Waals surface area contributed by atoms with Crippen LogP contribution in [0.5, 0.6) is 0 Å². The molecule has 19 heavy (non-hydrogen) atoms. The van der Waals surface area contributed by atoms with Crippen molar-refractivity contribution in [2.75, 3.05) is 14.2 Å². The summed E-state index contributed by atoms with van der Waals surface area (Å²) in [6.07, 6.45) is -0.985. The summed E-state index contributed by atoms with van der Waals surface area (Å²) < 4.78 is 5.18. The van der Waals surface area contributed by atoms with Crippen molar-refractivity contribution < 1.29 is 14.6 Å². The fraction of sp³-hybridized carbons (Fsp3) is 0.333. The first-order valence-electron chi connectivity index (χ1n) is 5.60. The fourth-order valence-electron chi connectivity index (χ4n) is 1.72. The molecular formula is C12H14BrN3O3. The summed E-state index contributed by atoms with van der Waals surface area (Å²) in [5, 5.41) is 8.65. The van der Waals surface area contributed by atoms with Crippen molar-refractivity contribution in [2.24, 2.45) is 0 Å². The van der Waals surface area contributed by atoms with E-state index in [2.05, 4.69) is 25.9 Å². The van der Waals surface area contributed by atoms with Crippen molar-refractivity contribution in [2.45, 2.75) is 11.6 Å². The molecule has 6 nitrogen and oxygen atoms in total. The van der Waals surface area contributed by atoms with E-state index in [9.17, 15) is 4.79 Å². The summed E-state index contributed by atoms with van der Waals surface area (Å²) in [5.41, 5.74) is 2.62. The summed E-state index contributed by atoms with van der Waals surface area (Å²) in [7, 11) is 3.12. The zero-order chi connectivity index (χ0) is 14.0. The van der Waals surface area contributed by atoms with Crippen LogP contribution in [0.4, 0.5) is 4.79 Å². The molecule has 0 fully saturated rings. The van der Waals surface area contributed by atoms with Gasteiger partial charge in [0.2, 0.25) is 0 Å². The van der Waals surface area contributed by atoms with Gasteiger partial charge in [-0.25, -0.2) is 9.78 Å². The number of hydrogen-bond acceptors (Lipinski definition) is 3. The molecule has 0 saturated heterocycles. The second-order valence-corrected chi connectivity index (χ2v) is 4.98. The number of amides is 1. The number of ether oxygens (including phenoxy) is 1. The molecule has 2 N–H and O–H groups in total. The Morgan fingerprint density at radius 3 is 3.00 bits per heavy atom. The summed E-state index contributed by atoms with van der Waals surface area (Å²) >= 11 is 3.39. The van der Waals surface area contributed by atoms with Crippen molar-refractivity contribution in [3.63, 3.8) is 0 Å². The van der Waals surface area contributed by atoms with Crippen LogP contribution < -0.4 is 0 Å². The van der Waals surface area contributed by atoms with Crippen molar-refractivity contribution in [1.29, 1.82) is 0 Å². The second kappa shape index (κ2) is 5.58. The number of imidazole rings is 1. The van der Waals surface area contributed by atoms with Gasteiger partial charge in [-0.2, -0.15) is 0 Å². The number of rotatable bonds is 4. The Balaban J connectivity index is 2.28. The standard InChI is InChI=1S/C12H14BrN3O3/c1-16(12(17)18)6-10-14-8-4-3-7(11(13)19-2)5-9(8)15-10/h3-5,11H,6H2,1-2H3,(H,14,15)(H,17,18). The molecular weight excluding hydrogens is 314 g/mol. The maximum atomic E-state index is 10.8. The van der Waals surface area contributed by atoms with Crippen LogP contribution in [-0.4, -0.2) is 40.2 Å². The number of methoxy groups -OCH3 is 1. The zero-order valence-corrected chi connectivity index (χ0v) is 12.1. The highest BCUT2D eigenvalue weighted by Crippen LogP contribution is 2.25. The number of nitrogens with one attached hydrogen (secondary N) is 1. The summed E-state index contributed by atoms with van der Waals surface area (Å²) in [4.78, 5) is 19.4. The molecule has 0 aliphatic carbocycles. The van der Waals surface area contributed by atoms with E-state index in [0.29, 0.717) is 5.82 Å². The Bertz CT molecular complexity index is 599. The molecule has 1 aromatic heterocycles. The highest BCUT2D eigenvalue weighted by molar-refractivity contribution is 9.09. The molecule has 0 saturated carbocycles. The normalized spacial score (nSPS) is 12.6. The molecule has 0 bridgehead atoms. The van der Waals surface area contributed by atoms with E-state index in [1.807, 2.05) is 18.2 Å². The van der Waals surface area contributed by atoms with Crippen LogP contribution >= 0.6 is 15.9 Å². The Hall–Kier alpha value is -1.60. The maximum Gasteiger partial charge on any atom is 0.407 e. The largest absolute Gasteiger partial charge is 0.465 e. The third kappa shape index (κ3) is 3.05. The highest BCUT2D eigenvalue weighted by Gasteiger charge is 2.11. The molecule has 1 unspecified atom stereocenters. The van der Waals surface area contributed by atoms with Gasteiger partial charge in [-0.15, -0.1) is 0 Å². The lowest BCUT2D eigenvalue weighted by molar-refractivity contribution is 0.153. The van der Waals surface area contributed by atoms with Gasteiger partial charge in [-0.3, -0.25) is 0 Å². The Kier molecular flexibility index (Phi) is 4.06. The number of halogens is 1. The second-order valence-electron chi connectivity index (χ2n) is 4.15. The smallest absolute Gasteiger partial charge is 0.407 e. The van der Waals surface area contributed by atoms with Crippen LogP contribution in [-0.2, 0) is 11.3 Å². The maximum absolute atomic E-state index is 10.8. The molecule has 2 rings (SSSR count). The number of carbonyl (C=O) groups is 1. The van der Waals surface area contributed by atoms with E-state index in [1.54, 1.807) is 7.11 Å². The van der Waals surface area contributed by atoms with Crippen LogP contribution in [0.15, 0.2) is 18.2 Å². The Morgan fingerprint density at radius 1 is 1.63 bits per heavy atom. The number of benzene rings is 1. The average molecular weight is 328 g/mol. The van der Waals surface area contributed by atoms with Crippen LogP contribution in [0, 0.1) is 0 Å². The minimum atomic E-state index is -0.985. The van der Waals surface area contributed by atoms with Gasteiger partial charge in [0.1, 0.15) is 10.8 Å². The highest BCUT2D eigenvalue weighted by atomic mass is 79.9. The number of aromatic nitrogens is 2. The van der Waals surface area contributed by atoms with Gasteiger partial charge in [0.15, 0.2) is 0 Å². The third-order valence-corrected chi connectivity index (χ3v) is 3.64. The molecule has 2 aromatic rings. The van der Waals surface area contributed by atoms with Gasteiger partial charge in [0.05, 0.1) is 17.6 Å². The minimum Gasteiger partial charge on any atom is -0.465 e. The number of carboxylic acid groups (broad SMARTS) is 1. The number of H-pyrrole nitrogens is 1. The van der Waals surface area contributed by atoms with Gasteiger partial charge in [0, 0.05) is 14.2 Å². The zero-order valence-electron chi connectivity index (χ0n) is 10.6. The van der Waals surface area contributed by atoms with Gasteiger partial charge in [0.25, 0.3) is 0 Å². The van der Waals surface area contributed by atoms with Crippen LogP contribution in [0.25, 0.3) is 11.0 Å². The van der Waals surface area contributed by atoms with Crippen molar-refractivity contribution in [3.8, 4) is 0 Å². The number of fused-ring (bicyclic) bond motifs is 1. The van der Waals surface area contributed by atoms with Gasteiger partial charge < -0.3 is 19.7 Å². The SMILES string of the molecule is COC(Br)c1ccc2nc(CN(C)C(=O)O)[nH]c2c1. The topological polar surface area (TPSA) is 78.4 Å². The lowest BCUT2D eigenvalue weighted by atomic mass is 10.2. The Morgan fingerprint density at radius 2 is 2.37 bits per heavy atom.